The lowest BCUT2D eigenvalue weighted by Gasteiger charge is -2.13. The molecule has 0 unspecified atom stereocenters. The number of rotatable bonds is 1. The number of hydrogen-bond donors (Lipinski definition) is 0. The molecule has 5 heteroatoms. The molecule has 0 radical (unpaired) electrons. The highest BCUT2D eigenvalue weighted by molar-refractivity contribution is 6.04. The Morgan fingerprint density at radius 2 is 1.86 bits per heavy atom. The van der Waals surface area contributed by atoms with Crippen LogP contribution in [0.1, 0.15) is 32.1 Å². The highest BCUT2D eigenvalue weighted by Gasteiger charge is 2.45. The normalized spacial score (nSPS) is 24.5. The van der Waals surface area contributed by atoms with E-state index in [1.165, 1.54) is 0 Å². The first-order valence-corrected chi connectivity index (χ1v) is 4.56. The summed E-state index contributed by atoms with van der Waals surface area (Å²) in [5.74, 6) is -3.85. The lowest BCUT2D eigenvalue weighted by atomic mass is 9.94. The Balaban J connectivity index is 2.74. The summed E-state index contributed by atoms with van der Waals surface area (Å²) >= 11 is 0. The minimum absolute atomic E-state index is 0.0528. The molecule has 1 saturated carbocycles. The Labute approximate surface area is 79.5 Å². The summed E-state index contributed by atoms with van der Waals surface area (Å²) in [6.07, 6.45) is -2.86. The largest absolute Gasteiger partial charge is 0.450 e. The van der Waals surface area contributed by atoms with E-state index < -0.39 is 23.7 Å². The predicted octanol–water partition coefficient (Wildman–Crippen LogP) is 2.27. The SMILES string of the molecule is O=C1CCCCC[C@H]1C(=O)C(F)(F)F. The van der Waals surface area contributed by atoms with E-state index >= 15 is 0 Å². The molecular weight excluding hydrogens is 197 g/mol. The molecule has 0 heterocycles. The third-order valence-electron chi connectivity index (χ3n) is 2.40. The minimum Gasteiger partial charge on any atom is -0.299 e. The standard InChI is InChI=1S/C9H11F3O2/c10-9(11,12)8(14)6-4-2-1-3-5-7(6)13/h6H,1-5H2/t6-/m1/s1. The molecule has 0 spiro atoms. The van der Waals surface area contributed by atoms with Gasteiger partial charge in [-0.15, -0.1) is 0 Å². The van der Waals surface area contributed by atoms with Gasteiger partial charge in [0.1, 0.15) is 5.78 Å². The van der Waals surface area contributed by atoms with Gasteiger partial charge < -0.3 is 0 Å². The van der Waals surface area contributed by atoms with Gasteiger partial charge in [0.2, 0.25) is 5.78 Å². The molecule has 1 fully saturated rings. The van der Waals surface area contributed by atoms with Crippen LogP contribution in [0.15, 0.2) is 0 Å². The van der Waals surface area contributed by atoms with E-state index in [-0.39, 0.29) is 12.8 Å². The van der Waals surface area contributed by atoms with E-state index in [0.717, 1.165) is 6.42 Å². The Kier molecular flexibility index (Phi) is 3.29. The van der Waals surface area contributed by atoms with Gasteiger partial charge in [0.25, 0.3) is 0 Å². The van der Waals surface area contributed by atoms with E-state index in [0.29, 0.717) is 12.8 Å². The van der Waals surface area contributed by atoms with Crippen LogP contribution in [0.3, 0.4) is 0 Å². The van der Waals surface area contributed by atoms with E-state index in [9.17, 15) is 22.8 Å². The molecule has 1 aliphatic rings. The molecule has 0 aromatic rings. The Bertz CT molecular complexity index is 245. The minimum atomic E-state index is -4.87. The average Bonchev–Trinajstić information content (AvgIpc) is 2.27. The van der Waals surface area contributed by atoms with Crippen LogP contribution >= 0.6 is 0 Å². The summed E-state index contributed by atoms with van der Waals surface area (Å²) in [6.45, 7) is 0. The molecule has 0 aliphatic heterocycles. The second kappa shape index (κ2) is 4.11. The smallest absolute Gasteiger partial charge is 0.299 e. The Hall–Kier alpha value is -0.870. The van der Waals surface area contributed by atoms with Gasteiger partial charge in [-0.25, -0.2) is 0 Å². The maximum Gasteiger partial charge on any atom is 0.450 e. The van der Waals surface area contributed by atoms with Crippen molar-refractivity contribution in [1.29, 1.82) is 0 Å². The Morgan fingerprint density at radius 1 is 1.21 bits per heavy atom. The van der Waals surface area contributed by atoms with Crippen molar-refractivity contribution in [2.75, 3.05) is 0 Å². The quantitative estimate of drug-likeness (QED) is 0.489. The molecule has 0 amide bonds. The van der Waals surface area contributed by atoms with Gasteiger partial charge in [0.15, 0.2) is 0 Å². The lowest BCUT2D eigenvalue weighted by molar-refractivity contribution is -0.176. The van der Waals surface area contributed by atoms with Gasteiger partial charge in [-0.3, -0.25) is 9.59 Å². The topological polar surface area (TPSA) is 34.1 Å². The second-order valence-electron chi connectivity index (χ2n) is 3.48. The van der Waals surface area contributed by atoms with E-state index in [4.69, 9.17) is 0 Å². The number of halogens is 3. The summed E-state index contributed by atoms with van der Waals surface area (Å²) < 4.78 is 36.1. The number of hydrogen-bond acceptors (Lipinski definition) is 2. The summed E-state index contributed by atoms with van der Waals surface area (Å²) in [4.78, 5) is 22.0. The first-order chi connectivity index (χ1) is 6.43. The van der Waals surface area contributed by atoms with Crippen LogP contribution in [-0.2, 0) is 9.59 Å². The maximum absolute atomic E-state index is 12.0. The predicted molar refractivity (Wildman–Crippen MR) is 42.6 cm³/mol. The van der Waals surface area contributed by atoms with Crippen molar-refractivity contribution >= 4 is 11.6 Å². The van der Waals surface area contributed by atoms with Gasteiger partial charge in [0.05, 0.1) is 5.92 Å². The van der Waals surface area contributed by atoms with Gasteiger partial charge in [-0.05, 0) is 12.8 Å². The number of carbonyl (C=O) groups excluding carboxylic acids is 2. The van der Waals surface area contributed by atoms with Crippen molar-refractivity contribution in [3.05, 3.63) is 0 Å². The number of carbonyl (C=O) groups is 2. The van der Waals surface area contributed by atoms with Crippen LogP contribution < -0.4 is 0 Å². The molecule has 1 rings (SSSR count). The maximum atomic E-state index is 12.0. The summed E-state index contributed by atoms with van der Waals surface area (Å²) in [6, 6.07) is 0. The van der Waals surface area contributed by atoms with Crippen molar-refractivity contribution in [1.82, 2.24) is 0 Å². The fourth-order valence-electron chi connectivity index (χ4n) is 1.63. The molecular formula is C9H11F3O2. The van der Waals surface area contributed by atoms with Crippen LogP contribution in [0, 0.1) is 5.92 Å². The second-order valence-corrected chi connectivity index (χ2v) is 3.48. The fourth-order valence-corrected chi connectivity index (χ4v) is 1.63. The monoisotopic (exact) mass is 208 g/mol. The first kappa shape index (κ1) is 11.2. The molecule has 0 aromatic heterocycles. The molecule has 0 bridgehead atoms. The van der Waals surface area contributed by atoms with E-state index in [2.05, 4.69) is 0 Å². The van der Waals surface area contributed by atoms with Crippen molar-refractivity contribution in [2.24, 2.45) is 5.92 Å². The third kappa shape index (κ3) is 2.56. The van der Waals surface area contributed by atoms with Crippen LogP contribution in [0.4, 0.5) is 13.2 Å². The highest BCUT2D eigenvalue weighted by Crippen LogP contribution is 2.28. The zero-order valence-electron chi connectivity index (χ0n) is 7.56. The van der Waals surface area contributed by atoms with E-state index in [1.54, 1.807) is 0 Å². The molecule has 0 aromatic carbocycles. The summed E-state index contributed by atoms with van der Waals surface area (Å²) in [5, 5.41) is 0. The fraction of sp³-hybridized carbons (Fsp3) is 0.778. The van der Waals surface area contributed by atoms with Gasteiger partial charge in [0, 0.05) is 6.42 Å². The summed E-state index contributed by atoms with van der Waals surface area (Å²) in [7, 11) is 0. The van der Waals surface area contributed by atoms with Crippen LogP contribution in [0.2, 0.25) is 0 Å². The molecule has 2 nitrogen and oxygen atoms in total. The number of Topliss-reactive ketones (excluding diaryl/α,β-unsaturated/α-hetero) is 2. The van der Waals surface area contributed by atoms with Gasteiger partial charge >= 0.3 is 6.18 Å². The third-order valence-corrected chi connectivity index (χ3v) is 2.40. The van der Waals surface area contributed by atoms with Gasteiger partial charge in [-0.2, -0.15) is 13.2 Å². The van der Waals surface area contributed by atoms with Crippen molar-refractivity contribution in [3.8, 4) is 0 Å². The summed E-state index contributed by atoms with van der Waals surface area (Å²) in [5.41, 5.74) is 0. The lowest BCUT2D eigenvalue weighted by Crippen LogP contribution is -2.34. The van der Waals surface area contributed by atoms with Crippen molar-refractivity contribution < 1.29 is 22.8 Å². The zero-order valence-corrected chi connectivity index (χ0v) is 7.56. The molecule has 14 heavy (non-hydrogen) atoms. The van der Waals surface area contributed by atoms with Crippen LogP contribution in [0.25, 0.3) is 0 Å². The molecule has 1 aliphatic carbocycles. The van der Waals surface area contributed by atoms with Crippen molar-refractivity contribution in [3.63, 3.8) is 0 Å². The highest BCUT2D eigenvalue weighted by atomic mass is 19.4. The Morgan fingerprint density at radius 3 is 2.43 bits per heavy atom. The molecule has 1 atom stereocenters. The molecule has 0 N–H and O–H groups in total. The van der Waals surface area contributed by atoms with E-state index in [1.807, 2.05) is 0 Å². The van der Waals surface area contributed by atoms with Gasteiger partial charge in [-0.1, -0.05) is 12.8 Å². The van der Waals surface area contributed by atoms with Crippen LogP contribution in [0.5, 0.6) is 0 Å². The number of ketones is 2. The van der Waals surface area contributed by atoms with Crippen molar-refractivity contribution in [2.45, 2.75) is 38.3 Å². The molecule has 80 valence electrons. The zero-order chi connectivity index (χ0) is 10.8. The molecule has 0 saturated heterocycles. The first-order valence-electron chi connectivity index (χ1n) is 4.56. The van der Waals surface area contributed by atoms with Crippen LogP contribution in [-0.4, -0.2) is 17.7 Å². The number of alkyl halides is 3. The average molecular weight is 208 g/mol.